The van der Waals surface area contributed by atoms with Gasteiger partial charge in [0.25, 0.3) is 5.89 Å². The maximum Gasteiger partial charge on any atom is 0.258 e. The van der Waals surface area contributed by atoms with Gasteiger partial charge in [-0.15, -0.1) is 0 Å². The number of carbonyl (C=O) groups excluding carboxylic acids is 1. The fourth-order valence-corrected chi connectivity index (χ4v) is 4.49. The highest BCUT2D eigenvalue weighted by atomic mass is 35.5. The molecule has 3 aromatic rings. The van der Waals surface area contributed by atoms with E-state index in [0.29, 0.717) is 34.6 Å². The van der Waals surface area contributed by atoms with Gasteiger partial charge < -0.3 is 24.8 Å². The number of benzene rings is 2. The summed E-state index contributed by atoms with van der Waals surface area (Å²) in [6, 6.07) is 9.42. The van der Waals surface area contributed by atoms with Gasteiger partial charge in [-0.25, -0.2) is 0 Å². The molecule has 1 aliphatic heterocycles. The van der Waals surface area contributed by atoms with E-state index in [1.54, 1.807) is 12.1 Å². The Balaban J connectivity index is 1.46. The van der Waals surface area contributed by atoms with E-state index in [0.717, 1.165) is 29.7 Å². The van der Waals surface area contributed by atoms with Crippen LogP contribution in [0.25, 0.3) is 22.8 Å². The molecule has 0 bridgehead atoms. The lowest BCUT2D eigenvalue weighted by Gasteiger charge is -2.29. The summed E-state index contributed by atoms with van der Waals surface area (Å²) in [5.41, 5.74) is 5.09. The fourth-order valence-electron chi connectivity index (χ4n) is 4.26. The summed E-state index contributed by atoms with van der Waals surface area (Å²) in [4.78, 5) is 18.8. The van der Waals surface area contributed by atoms with Crippen molar-refractivity contribution in [2.75, 3.05) is 26.2 Å². The standard InChI is InChI=1S/C26H31ClN4O5/c1-15(2)35-23-7-5-17(10-22(23)27)26-29-25(30-36-26)21-6-4-18-12-31(9-8-20(18)16(21)3)13-24(34)28-11-19(33)14-32/h4-7,10,15,19,32-33H,8-9,11-14H2,1-3H3,(H,28,34). The van der Waals surface area contributed by atoms with Crippen LogP contribution >= 0.6 is 11.6 Å². The van der Waals surface area contributed by atoms with E-state index in [9.17, 15) is 9.90 Å². The monoisotopic (exact) mass is 514 g/mol. The van der Waals surface area contributed by atoms with Crippen molar-refractivity contribution in [2.24, 2.45) is 0 Å². The van der Waals surface area contributed by atoms with Gasteiger partial charge in [-0.2, -0.15) is 4.98 Å². The maximum absolute atomic E-state index is 12.2. The lowest BCUT2D eigenvalue weighted by Crippen LogP contribution is -2.42. The number of halogens is 1. The third kappa shape index (κ3) is 6.04. The van der Waals surface area contributed by atoms with Crippen molar-refractivity contribution in [1.82, 2.24) is 20.4 Å². The second kappa shape index (κ2) is 11.4. The minimum atomic E-state index is -0.946. The van der Waals surface area contributed by atoms with Crippen molar-refractivity contribution >= 4 is 17.5 Å². The number of nitrogens with one attached hydrogen (secondary N) is 1. The van der Waals surface area contributed by atoms with Gasteiger partial charge in [-0.05, 0) is 62.1 Å². The van der Waals surface area contributed by atoms with Gasteiger partial charge in [0.15, 0.2) is 0 Å². The summed E-state index contributed by atoms with van der Waals surface area (Å²) < 4.78 is 11.2. The quantitative estimate of drug-likeness (QED) is 0.398. The van der Waals surface area contributed by atoms with Gasteiger partial charge in [0.05, 0.1) is 30.4 Å². The molecule has 0 fully saturated rings. The molecule has 1 atom stereocenters. The van der Waals surface area contributed by atoms with Crippen molar-refractivity contribution in [3.8, 4) is 28.6 Å². The Kier molecular flexibility index (Phi) is 8.25. The third-order valence-electron chi connectivity index (χ3n) is 6.09. The Morgan fingerprint density at radius 2 is 2.11 bits per heavy atom. The van der Waals surface area contributed by atoms with Crippen LogP contribution in [0.5, 0.6) is 5.75 Å². The highest BCUT2D eigenvalue weighted by Gasteiger charge is 2.23. The largest absolute Gasteiger partial charge is 0.489 e. The first kappa shape index (κ1) is 26.1. The molecule has 0 aliphatic carbocycles. The van der Waals surface area contributed by atoms with E-state index in [1.807, 2.05) is 32.0 Å². The fraction of sp³-hybridized carbons (Fsp3) is 0.423. The van der Waals surface area contributed by atoms with Crippen LogP contribution in [0.4, 0.5) is 0 Å². The molecule has 4 rings (SSSR count). The first-order valence-electron chi connectivity index (χ1n) is 11.9. The van der Waals surface area contributed by atoms with Crippen LogP contribution in [0.2, 0.25) is 5.02 Å². The summed E-state index contributed by atoms with van der Waals surface area (Å²) in [6.07, 6.45) is -0.136. The average molecular weight is 515 g/mol. The number of ether oxygens (including phenoxy) is 1. The molecule has 1 aliphatic rings. The summed E-state index contributed by atoms with van der Waals surface area (Å²) >= 11 is 6.37. The van der Waals surface area contributed by atoms with Crippen molar-refractivity contribution < 1.29 is 24.3 Å². The summed E-state index contributed by atoms with van der Waals surface area (Å²) in [5, 5.41) is 25.6. The zero-order valence-corrected chi connectivity index (χ0v) is 21.4. The molecule has 3 N–H and O–H groups in total. The average Bonchev–Trinajstić information content (AvgIpc) is 3.33. The molecule has 9 nitrogen and oxygen atoms in total. The molecular formula is C26H31ClN4O5. The number of rotatable bonds is 9. The molecular weight excluding hydrogens is 484 g/mol. The van der Waals surface area contributed by atoms with Crippen LogP contribution in [0.3, 0.4) is 0 Å². The van der Waals surface area contributed by atoms with Gasteiger partial charge in [-0.1, -0.05) is 28.9 Å². The van der Waals surface area contributed by atoms with Gasteiger partial charge in [0.1, 0.15) is 5.75 Å². The zero-order valence-electron chi connectivity index (χ0n) is 20.6. The van der Waals surface area contributed by atoms with Crippen LogP contribution < -0.4 is 10.1 Å². The van der Waals surface area contributed by atoms with E-state index in [4.69, 9.17) is 26.0 Å². The number of fused-ring (bicyclic) bond motifs is 1. The van der Waals surface area contributed by atoms with Crippen molar-refractivity contribution in [3.63, 3.8) is 0 Å². The van der Waals surface area contributed by atoms with Crippen molar-refractivity contribution in [1.29, 1.82) is 0 Å². The molecule has 0 saturated heterocycles. The predicted molar refractivity (Wildman–Crippen MR) is 136 cm³/mol. The number of hydrogen-bond acceptors (Lipinski definition) is 8. The summed E-state index contributed by atoms with van der Waals surface area (Å²) in [5.74, 6) is 1.31. The summed E-state index contributed by atoms with van der Waals surface area (Å²) in [7, 11) is 0. The zero-order chi connectivity index (χ0) is 25.8. The van der Waals surface area contributed by atoms with E-state index in [-0.39, 0.29) is 31.7 Å². The third-order valence-corrected chi connectivity index (χ3v) is 6.38. The Labute approximate surface area is 215 Å². The van der Waals surface area contributed by atoms with E-state index >= 15 is 0 Å². The maximum atomic E-state index is 12.2. The van der Waals surface area contributed by atoms with Crippen LogP contribution in [-0.4, -0.2) is 69.6 Å². The lowest BCUT2D eigenvalue weighted by atomic mass is 9.91. The second-order valence-electron chi connectivity index (χ2n) is 9.21. The molecule has 10 heteroatoms. The number of nitrogens with zero attached hydrogens (tertiary/aromatic N) is 3. The predicted octanol–water partition coefficient (Wildman–Crippen LogP) is 2.98. The number of hydrogen-bond donors (Lipinski definition) is 3. The molecule has 2 heterocycles. The molecule has 1 aromatic heterocycles. The van der Waals surface area contributed by atoms with Gasteiger partial charge in [0, 0.05) is 30.8 Å². The SMILES string of the molecule is Cc1c(-c2noc(-c3ccc(OC(C)C)c(Cl)c3)n2)ccc2c1CCN(CC(=O)NCC(O)CO)C2. The topological polar surface area (TPSA) is 121 Å². The van der Waals surface area contributed by atoms with Crippen LogP contribution in [0, 0.1) is 6.92 Å². The number of aliphatic hydroxyl groups excluding tert-OH is 2. The normalized spacial score (nSPS) is 14.5. The van der Waals surface area contributed by atoms with Gasteiger partial charge >= 0.3 is 0 Å². The highest BCUT2D eigenvalue weighted by Crippen LogP contribution is 2.33. The molecule has 192 valence electrons. The summed E-state index contributed by atoms with van der Waals surface area (Å²) in [6.45, 7) is 7.20. The molecule has 36 heavy (non-hydrogen) atoms. The number of aliphatic hydroxyl groups is 2. The Hall–Kier alpha value is -2.98. The van der Waals surface area contributed by atoms with E-state index in [2.05, 4.69) is 27.3 Å². The van der Waals surface area contributed by atoms with Gasteiger partial charge in [-0.3, -0.25) is 9.69 Å². The number of carbonyl (C=O) groups is 1. The number of amides is 1. The van der Waals surface area contributed by atoms with Crippen LogP contribution in [0.15, 0.2) is 34.9 Å². The van der Waals surface area contributed by atoms with E-state index in [1.165, 1.54) is 5.56 Å². The lowest BCUT2D eigenvalue weighted by molar-refractivity contribution is -0.123. The highest BCUT2D eigenvalue weighted by molar-refractivity contribution is 6.32. The Morgan fingerprint density at radius 1 is 1.31 bits per heavy atom. The minimum absolute atomic E-state index is 0.0190. The minimum Gasteiger partial charge on any atom is -0.489 e. The second-order valence-corrected chi connectivity index (χ2v) is 9.62. The molecule has 2 aromatic carbocycles. The molecule has 1 amide bonds. The molecule has 0 spiro atoms. The van der Waals surface area contributed by atoms with Crippen LogP contribution in [-0.2, 0) is 17.8 Å². The smallest absolute Gasteiger partial charge is 0.258 e. The molecule has 1 unspecified atom stereocenters. The molecule has 0 radical (unpaired) electrons. The van der Waals surface area contributed by atoms with Crippen molar-refractivity contribution in [3.05, 3.63) is 52.0 Å². The van der Waals surface area contributed by atoms with Gasteiger partial charge in [0.2, 0.25) is 11.7 Å². The first-order valence-corrected chi connectivity index (χ1v) is 12.3. The van der Waals surface area contributed by atoms with Crippen molar-refractivity contribution in [2.45, 2.75) is 45.9 Å². The number of aromatic nitrogens is 2. The molecule has 0 saturated carbocycles. The Bertz CT molecular complexity index is 1230. The first-order chi connectivity index (χ1) is 17.2. The Morgan fingerprint density at radius 3 is 2.83 bits per heavy atom. The van der Waals surface area contributed by atoms with Crippen LogP contribution in [0.1, 0.15) is 30.5 Å². The van der Waals surface area contributed by atoms with E-state index < -0.39 is 6.10 Å².